The third-order valence-corrected chi connectivity index (χ3v) is 2.72. The maximum atomic E-state index is 13.2. The minimum atomic E-state index is -0.642. The summed E-state index contributed by atoms with van der Waals surface area (Å²) in [5.74, 6) is -1.28. The van der Waals surface area contributed by atoms with E-state index in [4.69, 9.17) is 5.73 Å². The fourth-order valence-corrected chi connectivity index (χ4v) is 1.82. The number of nitrogens with zero attached hydrogens (tertiary/aromatic N) is 2. The van der Waals surface area contributed by atoms with Gasteiger partial charge >= 0.3 is 0 Å². The van der Waals surface area contributed by atoms with Crippen molar-refractivity contribution in [3.8, 4) is 0 Å². The highest BCUT2D eigenvalue weighted by molar-refractivity contribution is 5.34. The topological polar surface area (TPSA) is 51.8 Å². The SMILES string of the molecule is Cc1cc(C(N)c2cc(F)cc(F)c2)c(C)nn1. The molecule has 1 aromatic carbocycles. The molecule has 5 heteroatoms. The first-order valence-corrected chi connectivity index (χ1v) is 5.50. The Morgan fingerprint density at radius 1 is 1.00 bits per heavy atom. The highest BCUT2D eigenvalue weighted by Crippen LogP contribution is 2.23. The van der Waals surface area contributed by atoms with Crippen LogP contribution in [0.3, 0.4) is 0 Å². The Hall–Kier alpha value is -1.88. The standard InChI is InChI=1S/C13H13F2N3/c1-7-3-12(8(2)18-17-7)13(16)9-4-10(14)6-11(15)5-9/h3-6,13H,16H2,1-2H3. The average Bonchev–Trinajstić information content (AvgIpc) is 2.30. The molecule has 3 nitrogen and oxygen atoms in total. The van der Waals surface area contributed by atoms with Crippen molar-refractivity contribution in [2.75, 3.05) is 0 Å². The molecule has 1 unspecified atom stereocenters. The van der Waals surface area contributed by atoms with Crippen molar-refractivity contribution < 1.29 is 8.78 Å². The third kappa shape index (κ3) is 2.51. The Bertz CT molecular complexity index is 564. The van der Waals surface area contributed by atoms with Crippen LogP contribution in [-0.4, -0.2) is 10.2 Å². The Morgan fingerprint density at radius 3 is 2.22 bits per heavy atom. The van der Waals surface area contributed by atoms with Crippen molar-refractivity contribution in [3.63, 3.8) is 0 Å². The zero-order valence-electron chi connectivity index (χ0n) is 10.1. The van der Waals surface area contributed by atoms with Crippen molar-refractivity contribution in [2.24, 2.45) is 5.73 Å². The molecule has 0 saturated carbocycles. The minimum Gasteiger partial charge on any atom is -0.320 e. The van der Waals surface area contributed by atoms with Crippen LogP contribution in [0.2, 0.25) is 0 Å². The zero-order chi connectivity index (χ0) is 13.3. The number of aryl methyl sites for hydroxylation is 2. The molecule has 2 aromatic rings. The van der Waals surface area contributed by atoms with Gasteiger partial charge in [0.2, 0.25) is 0 Å². The van der Waals surface area contributed by atoms with Gasteiger partial charge in [0.1, 0.15) is 11.6 Å². The summed E-state index contributed by atoms with van der Waals surface area (Å²) in [6.45, 7) is 3.55. The predicted octanol–water partition coefficient (Wildman–Crippen LogP) is 2.42. The lowest BCUT2D eigenvalue weighted by molar-refractivity contribution is 0.577. The molecule has 0 radical (unpaired) electrons. The van der Waals surface area contributed by atoms with E-state index in [0.717, 1.165) is 6.07 Å². The van der Waals surface area contributed by atoms with Gasteiger partial charge in [0.25, 0.3) is 0 Å². The van der Waals surface area contributed by atoms with E-state index in [1.165, 1.54) is 12.1 Å². The molecular formula is C13H13F2N3. The van der Waals surface area contributed by atoms with E-state index in [-0.39, 0.29) is 0 Å². The maximum absolute atomic E-state index is 13.2. The predicted molar refractivity (Wildman–Crippen MR) is 63.9 cm³/mol. The monoisotopic (exact) mass is 249 g/mol. The summed E-state index contributed by atoms with van der Waals surface area (Å²) in [5.41, 5.74) is 8.48. The second-order valence-electron chi connectivity index (χ2n) is 4.21. The molecule has 1 aromatic heterocycles. The number of benzene rings is 1. The summed E-state index contributed by atoms with van der Waals surface area (Å²) in [6.07, 6.45) is 0. The molecule has 2 N–H and O–H groups in total. The molecule has 2 rings (SSSR count). The number of rotatable bonds is 2. The molecule has 1 heterocycles. The van der Waals surface area contributed by atoms with Gasteiger partial charge in [-0.2, -0.15) is 10.2 Å². The highest BCUT2D eigenvalue weighted by atomic mass is 19.1. The van der Waals surface area contributed by atoms with E-state index in [0.29, 0.717) is 22.5 Å². The second kappa shape index (κ2) is 4.78. The second-order valence-corrected chi connectivity index (χ2v) is 4.21. The molecule has 0 aliphatic carbocycles. The summed E-state index contributed by atoms with van der Waals surface area (Å²) in [5, 5.41) is 7.85. The normalized spacial score (nSPS) is 12.5. The number of hydrogen-bond acceptors (Lipinski definition) is 3. The average molecular weight is 249 g/mol. The molecule has 1 atom stereocenters. The van der Waals surface area contributed by atoms with Crippen LogP contribution in [0.1, 0.15) is 28.6 Å². The van der Waals surface area contributed by atoms with Crippen LogP contribution in [0.25, 0.3) is 0 Å². The summed E-state index contributed by atoms with van der Waals surface area (Å²) >= 11 is 0. The highest BCUT2D eigenvalue weighted by Gasteiger charge is 2.15. The van der Waals surface area contributed by atoms with Crippen LogP contribution < -0.4 is 5.73 Å². The Morgan fingerprint density at radius 2 is 1.61 bits per heavy atom. The van der Waals surface area contributed by atoms with Crippen molar-refractivity contribution in [3.05, 3.63) is 58.4 Å². The molecule has 0 amide bonds. The van der Waals surface area contributed by atoms with Gasteiger partial charge in [0, 0.05) is 6.07 Å². The van der Waals surface area contributed by atoms with Gasteiger partial charge in [-0.1, -0.05) is 0 Å². The van der Waals surface area contributed by atoms with Crippen LogP contribution in [0, 0.1) is 25.5 Å². The van der Waals surface area contributed by atoms with Gasteiger partial charge in [-0.15, -0.1) is 0 Å². The van der Waals surface area contributed by atoms with E-state index in [9.17, 15) is 8.78 Å². The van der Waals surface area contributed by atoms with E-state index >= 15 is 0 Å². The fraction of sp³-hybridized carbons (Fsp3) is 0.231. The summed E-state index contributed by atoms with van der Waals surface area (Å²) in [6, 6.07) is 4.42. The van der Waals surface area contributed by atoms with Crippen LogP contribution in [-0.2, 0) is 0 Å². The van der Waals surface area contributed by atoms with E-state index in [1.54, 1.807) is 19.9 Å². The van der Waals surface area contributed by atoms with Crippen molar-refractivity contribution in [1.29, 1.82) is 0 Å². The first kappa shape index (κ1) is 12.6. The molecule has 0 fully saturated rings. The lowest BCUT2D eigenvalue weighted by Crippen LogP contribution is -2.15. The number of hydrogen-bond donors (Lipinski definition) is 1. The van der Waals surface area contributed by atoms with Gasteiger partial charge in [0.15, 0.2) is 0 Å². The minimum absolute atomic E-state index is 0.378. The Balaban J connectivity index is 2.47. The van der Waals surface area contributed by atoms with E-state index in [2.05, 4.69) is 10.2 Å². The number of halogens is 2. The lowest BCUT2D eigenvalue weighted by atomic mass is 9.98. The zero-order valence-corrected chi connectivity index (χ0v) is 10.1. The summed E-state index contributed by atoms with van der Waals surface area (Å²) in [7, 11) is 0. The van der Waals surface area contributed by atoms with Crippen LogP contribution in [0.5, 0.6) is 0 Å². The molecule has 0 saturated heterocycles. The van der Waals surface area contributed by atoms with Crippen molar-refractivity contribution in [1.82, 2.24) is 10.2 Å². The molecule has 0 bridgehead atoms. The molecule has 0 aliphatic heterocycles. The Labute approximate surface area is 104 Å². The Kier molecular flexibility index (Phi) is 3.34. The van der Waals surface area contributed by atoms with Crippen molar-refractivity contribution in [2.45, 2.75) is 19.9 Å². The number of aromatic nitrogens is 2. The largest absolute Gasteiger partial charge is 0.320 e. The van der Waals surface area contributed by atoms with Gasteiger partial charge in [0.05, 0.1) is 17.4 Å². The van der Waals surface area contributed by atoms with Crippen molar-refractivity contribution >= 4 is 0 Å². The molecule has 0 spiro atoms. The van der Waals surface area contributed by atoms with Gasteiger partial charge in [-0.25, -0.2) is 8.78 Å². The lowest BCUT2D eigenvalue weighted by Gasteiger charge is -2.15. The van der Waals surface area contributed by atoms with Gasteiger partial charge in [-0.05, 0) is 43.2 Å². The van der Waals surface area contributed by atoms with Crippen LogP contribution in [0.15, 0.2) is 24.3 Å². The maximum Gasteiger partial charge on any atom is 0.126 e. The van der Waals surface area contributed by atoms with Gasteiger partial charge < -0.3 is 5.73 Å². The molecule has 94 valence electrons. The van der Waals surface area contributed by atoms with Crippen LogP contribution >= 0.6 is 0 Å². The third-order valence-electron chi connectivity index (χ3n) is 2.72. The molecule has 18 heavy (non-hydrogen) atoms. The van der Waals surface area contributed by atoms with E-state index < -0.39 is 17.7 Å². The summed E-state index contributed by atoms with van der Waals surface area (Å²) < 4.78 is 26.3. The summed E-state index contributed by atoms with van der Waals surface area (Å²) in [4.78, 5) is 0. The smallest absolute Gasteiger partial charge is 0.126 e. The van der Waals surface area contributed by atoms with E-state index in [1.807, 2.05) is 0 Å². The van der Waals surface area contributed by atoms with Crippen LogP contribution in [0.4, 0.5) is 8.78 Å². The number of nitrogens with two attached hydrogens (primary N) is 1. The first-order chi connectivity index (χ1) is 8.47. The fourth-order valence-electron chi connectivity index (χ4n) is 1.82. The molecular weight excluding hydrogens is 236 g/mol. The first-order valence-electron chi connectivity index (χ1n) is 5.50. The molecule has 0 aliphatic rings. The van der Waals surface area contributed by atoms with Gasteiger partial charge in [-0.3, -0.25) is 0 Å². The quantitative estimate of drug-likeness (QED) is 0.889.